The second kappa shape index (κ2) is 5.10. The number of hydrogen-bond acceptors (Lipinski definition) is 2. The Hall–Kier alpha value is -1.68. The molecule has 1 aromatic carbocycles. The molecule has 17 heavy (non-hydrogen) atoms. The van der Waals surface area contributed by atoms with Crippen LogP contribution < -0.4 is 5.32 Å². The standard InChI is InChI=1S/C13H16FN3/c1-9-12(6-7-15-2)17-13(16-9)10-4-3-5-11(14)8-10/h3-5,8,15H,6-7H2,1-2H3,(H,16,17). The molecule has 4 heteroatoms. The van der Waals surface area contributed by atoms with Gasteiger partial charge in [-0.3, -0.25) is 0 Å². The first kappa shape index (κ1) is 11.8. The minimum Gasteiger partial charge on any atom is -0.342 e. The predicted octanol–water partition coefficient (Wildman–Crippen LogP) is 2.29. The van der Waals surface area contributed by atoms with E-state index in [1.165, 1.54) is 12.1 Å². The van der Waals surface area contributed by atoms with Crippen LogP contribution in [0.15, 0.2) is 24.3 Å². The summed E-state index contributed by atoms with van der Waals surface area (Å²) in [6.07, 6.45) is 0.869. The first-order valence-corrected chi connectivity index (χ1v) is 5.66. The van der Waals surface area contributed by atoms with E-state index in [9.17, 15) is 4.39 Å². The predicted molar refractivity (Wildman–Crippen MR) is 66.3 cm³/mol. The Bertz CT molecular complexity index is 505. The summed E-state index contributed by atoms with van der Waals surface area (Å²) in [6.45, 7) is 2.87. The Kier molecular flexibility index (Phi) is 3.54. The monoisotopic (exact) mass is 233 g/mol. The SMILES string of the molecule is CNCCc1nc(-c2cccc(F)c2)[nH]c1C. The van der Waals surface area contributed by atoms with Crippen molar-refractivity contribution in [2.45, 2.75) is 13.3 Å². The fourth-order valence-electron chi connectivity index (χ4n) is 1.76. The number of benzene rings is 1. The lowest BCUT2D eigenvalue weighted by Gasteiger charge is -1.96. The van der Waals surface area contributed by atoms with Crippen molar-refractivity contribution in [2.24, 2.45) is 0 Å². The Morgan fingerprint density at radius 2 is 2.24 bits per heavy atom. The van der Waals surface area contributed by atoms with Crippen LogP contribution in [0.25, 0.3) is 11.4 Å². The van der Waals surface area contributed by atoms with Gasteiger partial charge in [-0.25, -0.2) is 9.37 Å². The highest BCUT2D eigenvalue weighted by molar-refractivity contribution is 5.55. The fraction of sp³-hybridized carbons (Fsp3) is 0.308. The Labute approximate surface area is 100 Å². The van der Waals surface area contributed by atoms with Crippen molar-refractivity contribution in [3.63, 3.8) is 0 Å². The van der Waals surface area contributed by atoms with Crippen LogP contribution in [0, 0.1) is 12.7 Å². The molecule has 0 aliphatic carbocycles. The zero-order chi connectivity index (χ0) is 12.3. The van der Waals surface area contributed by atoms with Gasteiger partial charge < -0.3 is 10.3 Å². The van der Waals surface area contributed by atoms with Gasteiger partial charge in [0.25, 0.3) is 0 Å². The molecule has 0 saturated carbocycles. The average molecular weight is 233 g/mol. The molecule has 0 aliphatic heterocycles. The molecular weight excluding hydrogens is 217 g/mol. The van der Waals surface area contributed by atoms with Crippen molar-refractivity contribution >= 4 is 0 Å². The van der Waals surface area contributed by atoms with Crippen molar-refractivity contribution in [2.75, 3.05) is 13.6 Å². The number of imidazole rings is 1. The van der Waals surface area contributed by atoms with Crippen molar-refractivity contribution in [1.82, 2.24) is 15.3 Å². The lowest BCUT2D eigenvalue weighted by Crippen LogP contribution is -2.11. The number of aromatic nitrogens is 2. The molecule has 0 unspecified atom stereocenters. The number of aryl methyl sites for hydroxylation is 1. The maximum absolute atomic E-state index is 13.1. The highest BCUT2D eigenvalue weighted by Gasteiger charge is 2.08. The van der Waals surface area contributed by atoms with E-state index in [2.05, 4.69) is 15.3 Å². The number of likely N-dealkylation sites (N-methyl/N-ethyl adjacent to an activating group) is 1. The molecule has 0 aliphatic rings. The van der Waals surface area contributed by atoms with Gasteiger partial charge in [-0.15, -0.1) is 0 Å². The van der Waals surface area contributed by atoms with Crippen LogP contribution >= 0.6 is 0 Å². The average Bonchev–Trinajstić information content (AvgIpc) is 2.68. The Balaban J connectivity index is 2.28. The summed E-state index contributed by atoms with van der Waals surface area (Å²) < 4.78 is 13.1. The van der Waals surface area contributed by atoms with Gasteiger partial charge in [0.1, 0.15) is 11.6 Å². The summed E-state index contributed by atoms with van der Waals surface area (Å²) in [5.74, 6) is 0.487. The van der Waals surface area contributed by atoms with Crippen molar-refractivity contribution in [3.05, 3.63) is 41.5 Å². The van der Waals surface area contributed by atoms with Crippen LogP contribution in [-0.2, 0) is 6.42 Å². The highest BCUT2D eigenvalue weighted by atomic mass is 19.1. The van der Waals surface area contributed by atoms with Crippen LogP contribution in [0.1, 0.15) is 11.4 Å². The van der Waals surface area contributed by atoms with Gasteiger partial charge in [-0.2, -0.15) is 0 Å². The molecule has 0 saturated heterocycles. The minimum absolute atomic E-state index is 0.242. The van der Waals surface area contributed by atoms with E-state index in [-0.39, 0.29) is 5.82 Å². The lowest BCUT2D eigenvalue weighted by molar-refractivity contribution is 0.628. The molecule has 0 fully saturated rings. The third kappa shape index (κ3) is 2.71. The largest absolute Gasteiger partial charge is 0.342 e. The zero-order valence-corrected chi connectivity index (χ0v) is 10.0. The number of rotatable bonds is 4. The number of H-pyrrole nitrogens is 1. The lowest BCUT2D eigenvalue weighted by atomic mass is 10.2. The van der Waals surface area contributed by atoms with E-state index in [4.69, 9.17) is 0 Å². The summed E-state index contributed by atoms with van der Waals surface area (Å²) in [5, 5.41) is 3.09. The summed E-state index contributed by atoms with van der Waals surface area (Å²) in [5.41, 5.74) is 2.85. The normalized spacial score (nSPS) is 10.8. The maximum atomic E-state index is 13.1. The van der Waals surface area contributed by atoms with Crippen molar-refractivity contribution < 1.29 is 4.39 Å². The van der Waals surface area contributed by atoms with E-state index in [0.29, 0.717) is 0 Å². The van der Waals surface area contributed by atoms with E-state index in [1.54, 1.807) is 6.07 Å². The second-order valence-corrected chi connectivity index (χ2v) is 4.02. The summed E-state index contributed by atoms with van der Waals surface area (Å²) >= 11 is 0. The molecule has 0 atom stereocenters. The molecule has 2 aromatic rings. The van der Waals surface area contributed by atoms with Crippen molar-refractivity contribution in [3.8, 4) is 11.4 Å². The topological polar surface area (TPSA) is 40.7 Å². The summed E-state index contributed by atoms with van der Waals surface area (Å²) in [4.78, 5) is 7.69. The van der Waals surface area contributed by atoms with E-state index >= 15 is 0 Å². The molecule has 2 N–H and O–H groups in total. The van der Waals surface area contributed by atoms with E-state index in [0.717, 1.165) is 35.7 Å². The van der Waals surface area contributed by atoms with Crippen LogP contribution in [0.5, 0.6) is 0 Å². The molecular formula is C13H16FN3. The van der Waals surface area contributed by atoms with Crippen LogP contribution in [0.3, 0.4) is 0 Å². The van der Waals surface area contributed by atoms with Gasteiger partial charge in [0.15, 0.2) is 0 Å². The number of hydrogen-bond donors (Lipinski definition) is 2. The number of nitrogens with one attached hydrogen (secondary N) is 2. The number of aromatic amines is 1. The Morgan fingerprint density at radius 1 is 1.41 bits per heavy atom. The van der Waals surface area contributed by atoms with Crippen LogP contribution in [0.4, 0.5) is 4.39 Å². The maximum Gasteiger partial charge on any atom is 0.137 e. The first-order chi connectivity index (χ1) is 8.20. The Morgan fingerprint density at radius 3 is 2.94 bits per heavy atom. The fourth-order valence-corrected chi connectivity index (χ4v) is 1.76. The van der Waals surface area contributed by atoms with E-state index < -0.39 is 0 Å². The third-order valence-corrected chi connectivity index (χ3v) is 2.70. The number of nitrogens with zero attached hydrogens (tertiary/aromatic N) is 1. The summed E-state index contributed by atoms with van der Waals surface area (Å²) in [7, 11) is 1.91. The van der Waals surface area contributed by atoms with Crippen LogP contribution in [-0.4, -0.2) is 23.6 Å². The first-order valence-electron chi connectivity index (χ1n) is 5.66. The molecule has 1 heterocycles. The van der Waals surface area contributed by atoms with Gasteiger partial charge in [-0.05, 0) is 26.1 Å². The van der Waals surface area contributed by atoms with E-state index in [1.807, 2.05) is 20.0 Å². The van der Waals surface area contributed by atoms with Gasteiger partial charge >= 0.3 is 0 Å². The van der Waals surface area contributed by atoms with Crippen molar-refractivity contribution in [1.29, 1.82) is 0 Å². The molecule has 1 aromatic heterocycles. The molecule has 3 nitrogen and oxygen atoms in total. The molecule has 90 valence electrons. The van der Waals surface area contributed by atoms with Gasteiger partial charge in [0, 0.05) is 24.2 Å². The smallest absolute Gasteiger partial charge is 0.137 e. The molecule has 0 amide bonds. The zero-order valence-electron chi connectivity index (χ0n) is 10.0. The minimum atomic E-state index is -0.242. The van der Waals surface area contributed by atoms with Gasteiger partial charge in [0.2, 0.25) is 0 Å². The summed E-state index contributed by atoms with van der Waals surface area (Å²) in [6, 6.07) is 6.46. The third-order valence-electron chi connectivity index (χ3n) is 2.70. The molecule has 0 radical (unpaired) electrons. The molecule has 0 bridgehead atoms. The highest BCUT2D eigenvalue weighted by Crippen LogP contribution is 2.18. The second-order valence-electron chi connectivity index (χ2n) is 4.02. The van der Waals surface area contributed by atoms with Gasteiger partial charge in [-0.1, -0.05) is 12.1 Å². The van der Waals surface area contributed by atoms with Crippen LogP contribution in [0.2, 0.25) is 0 Å². The quantitative estimate of drug-likeness (QED) is 0.850. The van der Waals surface area contributed by atoms with Gasteiger partial charge in [0.05, 0.1) is 5.69 Å². The molecule has 0 spiro atoms. The number of halogens is 1. The molecule has 2 rings (SSSR count).